The van der Waals surface area contributed by atoms with Crippen molar-refractivity contribution in [3.63, 3.8) is 0 Å². The van der Waals surface area contributed by atoms with E-state index in [4.69, 9.17) is 15.9 Å². The van der Waals surface area contributed by atoms with Crippen LogP contribution in [0.1, 0.15) is 18.4 Å². The zero-order chi connectivity index (χ0) is 19.8. The predicted octanol–water partition coefficient (Wildman–Crippen LogP) is 1.23. The Morgan fingerprint density at radius 1 is 1.30 bits per heavy atom. The SMILES string of the molecule is N=C(N)N(CCNC(=O)N1CCCC1)C(=O)OCc1ccc([N+](=O)[O-])cc1. The molecule has 4 N–H and O–H groups in total. The number of hydrogen-bond acceptors (Lipinski definition) is 6. The van der Waals surface area contributed by atoms with Gasteiger partial charge in [0.05, 0.1) is 4.92 Å². The van der Waals surface area contributed by atoms with E-state index in [2.05, 4.69) is 5.32 Å². The summed E-state index contributed by atoms with van der Waals surface area (Å²) in [5.74, 6) is -0.501. The van der Waals surface area contributed by atoms with Gasteiger partial charge in [0.1, 0.15) is 6.61 Å². The number of nitro groups is 1. The molecule has 1 heterocycles. The first-order chi connectivity index (χ1) is 12.9. The van der Waals surface area contributed by atoms with Gasteiger partial charge in [0, 0.05) is 38.3 Å². The van der Waals surface area contributed by atoms with E-state index >= 15 is 0 Å². The Balaban J connectivity index is 1.80. The normalized spacial score (nSPS) is 13.1. The van der Waals surface area contributed by atoms with Crippen molar-refractivity contribution in [2.75, 3.05) is 26.2 Å². The van der Waals surface area contributed by atoms with E-state index in [1.165, 1.54) is 24.3 Å². The van der Waals surface area contributed by atoms with Crippen molar-refractivity contribution in [3.8, 4) is 0 Å². The molecule has 27 heavy (non-hydrogen) atoms. The second-order valence-corrected chi connectivity index (χ2v) is 5.94. The number of carbonyl (C=O) groups is 2. The molecule has 0 spiro atoms. The molecule has 0 aromatic heterocycles. The van der Waals surface area contributed by atoms with Gasteiger partial charge in [-0.1, -0.05) is 0 Å². The fourth-order valence-electron chi connectivity index (χ4n) is 2.55. The number of likely N-dealkylation sites (tertiary alicyclic amines) is 1. The number of nitrogens with zero attached hydrogens (tertiary/aromatic N) is 3. The molecule has 0 saturated carbocycles. The average Bonchev–Trinajstić information content (AvgIpc) is 3.18. The standard InChI is InChI=1S/C16H22N6O5/c17-14(18)21(10-7-19-15(23)20-8-1-2-9-20)16(24)27-11-12-3-5-13(6-4-12)22(25)26/h3-6H,1-2,7-11H2,(H3,17,18)(H,19,23). The van der Waals surface area contributed by atoms with E-state index in [0.717, 1.165) is 17.7 Å². The number of ether oxygens (including phenoxy) is 1. The molecule has 0 radical (unpaired) electrons. The van der Waals surface area contributed by atoms with Crippen LogP contribution in [0.5, 0.6) is 0 Å². The van der Waals surface area contributed by atoms with Crippen molar-refractivity contribution < 1.29 is 19.2 Å². The van der Waals surface area contributed by atoms with Gasteiger partial charge in [0.2, 0.25) is 0 Å². The molecule has 0 bridgehead atoms. The monoisotopic (exact) mass is 378 g/mol. The molecule has 11 heteroatoms. The smallest absolute Gasteiger partial charge is 0.417 e. The molecule has 1 aliphatic rings. The summed E-state index contributed by atoms with van der Waals surface area (Å²) in [6.45, 7) is 1.41. The van der Waals surface area contributed by atoms with E-state index < -0.39 is 17.0 Å². The maximum Gasteiger partial charge on any atom is 0.417 e. The lowest BCUT2D eigenvalue weighted by Crippen LogP contribution is -2.47. The first-order valence-corrected chi connectivity index (χ1v) is 8.43. The maximum absolute atomic E-state index is 12.1. The second-order valence-electron chi connectivity index (χ2n) is 5.94. The molecule has 2 rings (SSSR count). The summed E-state index contributed by atoms with van der Waals surface area (Å²) in [5, 5.41) is 20.8. The minimum atomic E-state index is -0.837. The summed E-state index contributed by atoms with van der Waals surface area (Å²) in [5.41, 5.74) is 5.90. The van der Waals surface area contributed by atoms with Gasteiger partial charge in [-0.3, -0.25) is 15.5 Å². The lowest BCUT2D eigenvalue weighted by Gasteiger charge is -2.21. The summed E-state index contributed by atoms with van der Waals surface area (Å²) in [7, 11) is 0. The van der Waals surface area contributed by atoms with Gasteiger partial charge in [0.15, 0.2) is 5.96 Å². The van der Waals surface area contributed by atoms with Crippen LogP contribution in [0.15, 0.2) is 24.3 Å². The van der Waals surface area contributed by atoms with E-state index in [9.17, 15) is 19.7 Å². The fraction of sp³-hybridized carbons (Fsp3) is 0.438. The Kier molecular flexibility index (Phi) is 6.92. The van der Waals surface area contributed by atoms with Crippen LogP contribution in [-0.2, 0) is 11.3 Å². The zero-order valence-electron chi connectivity index (χ0n) is 14.7. The number of carbonyl (C=O) groups excluding carboxylic acids is 2. The summed E-state index contributed by atoms with van der Waals surface area (Å²) in [6, 6.07) is 5.34. The number of hydrogen-bond donors (Lipinski definition) is 3. The Bertz CT molecular complexity index is 702. The third kappa shape index (κ3) is 5.83. The van der Waals surface area contributed by atoms with Crippen molar-refractivity contribution in [1.82, 2.24) is 15.1 Å². The molecule has 1 aromatic rings. The van der Waals surface area contributed by atoms with Gasteiger partial charge in [-0.05, 0) is 30.5 Å². The second kappa shape index (κ2) is 9.36. The van der Waals surface area contributed by atoms with Crippen molar-refractivity contribution in [2.45, 2.75) is 19.4 Å². The van der Waals surface area contributed by atoms with Crippen LogP contribution < -0.4 is 11.1 Å². The highest BCUT2D eigenvalue weighted by atomic mass is 16.6. The number of nitrogens with one attached hydrogen (secondary N) is 2. The number of guanidine groups is 1. The van der Waals surface area contributed by atoms with Gasteiger partial charge in [-0.25, -0.2) is 14.5 Å². The highest BCUT2D eigenvalue weighted by Crippen LogP contribution is 2.13. The number of amides is 3. The summed E-state index contributed by atoms with van der Waals surface area (Å²) < 4.78 is 5.08. The van der Waals surface area contributed by atoms with Crippen LogP contribution in [-0.4, -0.2) is 59.0 Å². The quantitative estimate of drug-likeness (QED) is 0.293. The van der Waals surface area contributed by atoms with Crippen LogP contribution in [0.2, 0.25) is 0 Å². The van der Waals surface area contributed by atoms with E-state index in [-0.39, 0.29) is 31.4 Å². The van der Waals surface area contributed by atoms with Crippen molar-refractivity contribution in [2.24, 2.45) is 5.73 Å². The van der Waals surface area contributed by atoms with E-state index in [1.54, 1.807) is 4.90 Å². The van der Waals surface area contributed by atoms with Gasteiger partial charge < -0.3 is 20.7 Å². The number of non-ortho nitro benzene ring substituents is 1. The van der Waals surface area contributed by atoms with Crippen LogP contribution in [0, 0.1) is 15.5 Å². The molecular weight excluding hydrogens is 356 g/mol. The number of benzene rings is 1. The number of urea groups is 1. The van der Waals surface area contributed by atoms with Gasteiger partial charge in [0.25, 0.3) is 5.69 Å². The Hall–Kier alpha value is -3.37. The largest absolute Gasteiger partial charge is 0.444 e. The summed E-state index contributed by atoms with van der Waals surface area (Å²) in [4.78, 5) is 36.7. The third-order valence-electron chi connectivity index (χ3n) is 4.03. The van der Waals surface area contributed by atoms with Crippen LogP contribution >= 0.6 is 0 Å². The lowest BCUT2D eigenvalue weighted by molar-refractivity contribution is -0.384. The van der Waals surface area contributed by atoms with Crippen molar-refractivity contribution in [1.29, 1.82) is 5.41 Å². The van der Waals surface area contributed by atoms with Crippen molar-refractivity contribution in [3.05, 3.63) is 39.9 Å². The predicted molar refractivity (Wildman–Crippen MR) is 96.1 cm³/mol. The molecule has 1 saturated heterocycles. The van der Waals surface area contributed by atoms with Crippen LogP contribution in [0.3, 0.4) is 0 Å². The molecule has 0 unspecified atom stereocenters. The fourth-order valence-corrected chi connectivity index (χ4v) is 2.55. The maximum atomic E-state index is 12.1. The summed E-state index contributed by atoms with van der Waals surface area (Å²) >= 11 is 0. The zero-order valence-corrected chi connectivity index (χ0v) is 14.7. The molecule has 1 fully saturated rings. The Morgan fingerprint density at radius 2 is 1.93 bits per heavy atom. The van der Waals surface area contributed by atoms with Gasteiger partial charge in [-0.15, -0.1) is 0 Å². The van der Waals surface area contributed by atoms with Crippen molar-refractivity contribution >= 4 is 23.8 Å². The summed E-state index contributed by atoms with van der Waals surface area (Å²) in [6.07, 6.45) is 1.11. The molecular formula is C16H22N6O5. The molecule has 146 valence electrons. The molecule has 1 aromatic carbocycles. The van der Waals surface area contributed by atoms with Gasteiger partial charge in [-0.2, -0.15) is 0 Å². The molecule has 11 nitrogen and oxygen atoms in total. The molecule has 0 aliphatic carbocycles. The molecule has 3 amide bonds. The Labute approximate surface area is 155 Å². The van der Waals surface area contributed by atoms with Crippen LogP contribution in [0.25, 0.3) is 0 Å². The third-order valence-corrected chi connectivity index (χ3v) is 4.03. The van der Waals surface area contributed by atoms with Crippen LogP contribution in [0.4, 0.5) is 15.3 Å². The number of nitro benzene ring substituents is 1. The average molecular weight is 378 g/mol. The Morgan fingerprint density at radius 3 is 2.48 bits per heavy atom. The van der Waals surface area contributed by atoms with E-state index in [1.807, 2.05) is 0 Å². The highest BCUT2D eigenvalue weighted by Gasteiger charge is 2.20. The topological polar surface area (TPSA) is 155 Å². The lowest BCUT2D eigenvalue weighted by atomic mass is 10.2. The molecule has 1 aliphatic heterocycles. The highest BCUT2D eigenvalue weighted by molar-refractivity contribution is 5.91. The van der Waals surface area contributed by atoms with E-state index in [0.29, 0.717) is 18.7 Å². The van der Waals surface area contributed by atoms with Gasteiger partial charge >= 0.3 is 12.1 Å². The number of rotatable bonds is 6. The number of nitrogens with two attached hydrogens (primary N) is 1. The first-order valence-electron chi connectivity index (χ1n) is 8.43. The minimum Gasteiger partial charge on any atom is -0.444 e. The minimum absolute atomic E-state index is 0.00594. The first kappa shape index (κ1) is 19.9. The molecule has 0 atom stereocenters.